The molecule has 1 saturated heterocycles. The molecule has 1 fully saturated rings. The van der Waals surface area contributed by atoms with Crippen LogP contribution in [0.3, 0.4) is 0 Å². The summed E-state index contributed by atoms with van der Waals surface area (Å²) in [7, 11) is 0. The fraction of sp³-hybridized carbons (Fsp3) is 0.500. The molecule has 0 radical (unpaired) electrons. The van der Waals surface area contributed by atoms with Crippen molar-refractivity contribution in [3.8, 4) is 5.75 Å². The molecule has 15 heavy (non-hydrogen) atoms. The smallest absolute Gasteiger partial charge is 0.130 e. The van der Waals surface area contributed by atoms with Gasteiger partial charge in [0.15, 0.2) is 0 Å². The summed E-state index contributed by atoms with van der Waals surface area (Å²) in [5.41, 5.74) is 2.54. The van der Waals surface area contributed by atoms with E-state index in [2.05, 4.69) is 34.2 Å². The van der Waals surface area contributed by atoms with Crippen LogP contribution in [-0.4, -0.2) is 18.2 Å². The first-order chi connectivity index (χ1) is 7.18. The maximum atomic E-state index is 9.56. The lowest BCUT2D eigenvalue weighted by Gasteiger charge is -2.25. The molecular formula is C12H16BrNO. The first-order valence-corrected chi connectivity index (χ1v) is 6.17. The van der Waals surface area contributed by atoms with Crippen LogP contribution < -0.4 is 5.32 Å². The van der Waals surface area contributed by atoms with Gasteiger partial charge in [-0.15, -0.1) is 0 Å². The molecule has 1 aromatic carbocycles. The summed E-state index contributed by atoms with van der Waals surface area (Å²) in [4.78, 5) is 0. The summed E-state index contributed by atoms with van der Waals surface area (Å²) in [5.74, 6) is 0.927. The van der Waals surface area contributed by atoms with Crippen LogP contribution >= 0.6 is 15.9 Å². The van der Waals surface area contributed by atoms with E-state index >= 15 is 0 Å². The molecule has 0 aromatic heterocycles. The van der Waals surface area contributed by atoms with Crippen LogP contribution in [-0.2, 0) is 0 Å². The molecule has 2 nitrogen and oxygen atoms in total. The van der Waals surface area contributed by atoms with Gasteiger partial charge in [0.05, 0.1) is 4.47 Å². The molecule has 0 aliphatic carbocycles. The second-order valence-electron chi connectivity index (χ2n) is 4.20. The highest BCUT2D eigenvalue weighted by atomic mass is 79.9. The van der Waals surface area contributed by atoms with Crippen molar-refractivity contribution < 1.29 is 5.11 Å². The van der Waals surface area contributed by atoms with Gasteiger partial charge in [-0.25, -0.2) is 0 Å². The van der Waals surface area contributed by atoms with E-state index in [-0.39, 0.29) is 0 Å². The minimum Gasteiger partial charge on any atom is -0.507 e. The standard InChI is InChI=1S/C12H16BrNO/c1-8-5-12(15)11(13)6-10(8)9-3-2-4-14-7-9/h5-6,9,14-15H,2-4,7H2,1H3. The van der Waals surface area contributed by atoms with Gasteiger partial charge in [0.2, 0.25) is 0 Å². The molecule has 2 rings (SSSR count). The van der Waals surface area contributed by atoms with Gasteiger partial charge < -0.3 is 10.4 Å². The van der Waals surface area contributed by atoms with Crippen LogP contribution in [0.1, 0.15) is 29.9 Å². The van der Waals surface area contributed by atoms with Crippen molar-refractivity contribution in [1.29, 1.82) is 0 Å². The predicted octanol–water partition coefficient (Wildman–Crippen LogP) is 2.93. The minimum absolute atomic E-state index is 0.333. The zero-order valence-electron chi connectivity index (χ0n) is 8.89. The predicted molar refractivity (Wildman–Crippen MR) is 65.4 cm³/mol. The quantitative estimate of drug-likeness (QED) is 0.822. The molecule has 1 aliphatic heterocycles. The summed E-state index contributed by atoms with van der Waals surface area (Å²) >= 11 is 3.38. The van der Waals surface area contributed by atoms with Crippen molar-refractivity contribution in [2.24, 2.45) is 0 Å². The van der Waals surface area contributed by atoms with Crippen molar-refractivity contribution in [1.82, 2.24) is 5.32 Å². The highest BCUT2D eigenvalue weighted by Gasteiger charge is 2.18. The third kappa shape index (κ3) is 2.34. The second kappa shape index (κ2) is 4.54. The monoisotopic (exact) mass is 269 g/mol. The molecule has 1 atom stereocenters. The fourth-order valence-corrected chi connectivity index (χ4v) is 2.60. The Kier molecular flexibility index (Phi) is 3.32. The molecule has 2 N–H and O–H groups in total. The number of hydrogen-bond acceptors (Lipinski definition) is 2. The van der Waals surface area contributed by atoms with Gasteiger partial charge in [-0.05, 0) is 71.4 Å². The molecule has 0 bridgehead atoms. The number of piperidine rings is 1. The molecule has 0 saturated carbocycles. The molecular weight excluding hydrogens is 254 g/mol. The van der Waals surface area contributed by atoms with E-state index in [0.717, 1.165) is 17.6 Å². The Morgan fingerprint density at radius 2 is 2.27 bits per heavy atom. The summed E-state index contributed by atoms with van der Waals surface area (Å²) in [6.45, 7) is 4.25. The van der Waals surface area contributed by atoms with E-state index in [0.29, 0.717) is 11.7 Å². The molecule has 0 spiro atoms. The van der Waals surface area contributed by atoms with Crippen LogP contribution in [0.4, 0.5) is 0 Å². The molecule has 1 aliphatic rings. The molecule has 1 unspecified atom stereocenters. The molecule has 82 valence electrons. The molecule has 3 heteroatoms. The van der Waals surface area contributed by atoms with Crippen molar-refractivity contribution in [3.05, 3.63) is 27.7 Å². The Hall–Kier alpha value is -0.540. The van der Waals surface area contributed by atoms with Gasteiger partial charge in [-0.3, -0.25) is 0 Å². The number of rotatable bonds is 1. The van der Waals surface area contributed by atoms with Crippen LogP contribution in [0.15, 0.2) is 16.6 Å². The van der Waals surface area contributed by atoms with Gasteiger partial charge in [0.25, 0.3) is 0 Å². The van der Waals surface area contributed by atoms with Gasteiger partial charge >= 0.3 is 0 Å². The van der Waals surface area contributed by atoms with Crippen LogP contribution in [0, 0.1) is 6.92 Å². The highest BCUT2D eigenvalue weighted by Crippen LogP contribution is 2.33. The van der Waals surface area contributed by atoms with E-state index in [1.54, 1.807) is 0 Å². The largest absolute Gasteiger partial charge is 0.507 e. The third-order valence-corrected chi connectivity index (χ3v) is 3.71. The maximum Gasteiger partial charge on any atom is 0.130 e. The van der Waals surface area contributed by atoms with Crippen molar-refractivity contribution >= 4 is 15.9 Å². The Bertz CT molecular complexity index is 359. The van der Waals surface area contributed by atoms with Crippen molar-refractivity contribution in [2.45, 2.75) is 25.7 Å². The Morgan fingerprint density at radius 3 is 2.93 bits per heavy atom. The maximum absolute atomic E-state index is 9.56. The van der Waals surface area contributed by atoms with E-state index in [1.165, 1.54) is 24.0 Å². The number of halogens is 1. The Balaban J connectivity index is 2.30. The van der Waals surface area contributed by atoms with E-state index in [9.17, 15) is 5.11 Å². The summed E-state index contributed by atoms with van der Waals surface area (Å²) < 4.78 is 0.800. The average molecular weight is 270 g/mol. The lowest BCUT2D eigenvalue weighted by atomic mass is 9.89. The zero-order chi connectivity index (χ0) is 10.8. The number of phenolic OH excluding ortho intramolecular Hbond substituents is 1. The molecule has 1 heterocycles. The number of benzene rings is 1. The lowest BCUT2D eigenvalue weighted by Crippen LogP contribution is -2.28. The molecule has 0 amide bonds. The molecule has 1 aromatic rings. The van der Waals surface area contributed by atoms with Crippen LogP contribution in [0.25, 0.3) is 0 Å². The summed E-state index contributed by atoms with van der Waals surface area (Å²) in [6.07, 6.45) is 2.48. The topological polar surface area (TPSA) is 32.3 Å². The van der Waals surface area contributed by atoms with E-state index in [4.69, 9.17) is 0 Å². The average Bonchev–Trinajstić information content (AvgIpc) is 2.25. The number of nitrogens with one attached hydrogen (secondary N) is 1. The fourth-order valence-electron chi connectivity index (χ4n) is 2.24. The second-order valence-corrected chi connectivity index (χ2v) is 5.06. The van der Waals surface area contributed by atoms with Crippen molar-refractivity contribution in [2.75, 3.05) is 13.1 Å². The van der Waals surface area contributed by atoms with Gasteiger partial charge in [0.1, 0.15) is 5.75 Å². The van der Waals surface area contributed by atoms with Crippen LogP contribution in [0.2, 0.25) is 0 Å². The van der Waals surface area contributed by atoms with Gasteiger partial charge in [0, 0.05) is 6.54 Å². The first-order valence-electron chi connectivity index (χ1n) is 5.38. The third-order valence-electron chi connectivity index (χ3n) is 3.07. The number of phenols is 1. The normalized spacial score (nSPS) is 21.6. The number of hydrogen-bond donors (Lipinski definition) is 2. The lowest BCUT2D eigenvalue weighted by molar-refractivity contribution is 0.455. The number of aromatic hydroxyl groups is 1. The van der Waals surface area contributed by atoms with Crippen LogP contribution in [0.5, 0.6) is 5.75 Å². The Labute approximate surface area is 98.8 Å². The van der Waals surface area contributed by atoms with E-state index in [1.807, 2.05) is 6.07 Å². The van der Waals surface area contributed by atoms with Crippen molar-refractivity contribution in [3.63, 3.8) is 0 Å². The highest BCUT2D eigenvalue weighted by molar-refractivity contribution is 9.10. The zero-order valence-corrected chi connectivity index (χ0v) is 10.5. The number of aryl methyl sites for hydroxylation is 1. The minimum atomic E-state index is 0.333. The van der Waals surface area contributed by atoms with Gasteiger partial charge in [-0.1, -0.05) is 0 Å². The van der Waals surface area contributed by atoms with Gasteiger partial charge in [-0.2, -0.15) is 0 Å². The summed E-state index contributed by atoms with van der Waals surface area (Å²) in [6, 6.07) is 3.90. The Morgan fingerprint density at radius 1 is 1.47 bits per heavy atom. The van der Waals surface area contributed by atoms with E-state index < -0.39 is 0 Å². The summed E-state index contributed by atoms with van der Waals surface area (Å²) in [5, 5.41) is 13.0. The first kappa shape index (κ1) is 11.0. The SMILES string of the molecule is Cc1cc(O)c(Br)cc1C1CCCNC1.